The summed E-state index contributed by atoms with van der Waals surface area (Å²) in [6.07, 6.45) is 9.29. The predicted octanol–water partition coefficient (Wildman–Crippen LogP) is 3.59. The fourth-order valence-corrected chi connectivity index (χ4v) is 5.89. The molecule has 9 heteroatoms. The van der Waals surface area contributed by atoms with Crippen LogP contribution in [-0.2, 0) is 0 Å². The van der Waals surface area contributed by atoms with Crippen LogP contribution in [0.15, 0.2) is 48.9 Å². The highest BCUT2D eigenvalue weighted by Gasteiger charge is 2.46. The van der Waals surface area contributed by atoms with E-state index in [2.05, 4.69) is 33.1 Å². The standard InChI is InChI=1S/C27H29N7O2/c1-18-21(16-32-33(18)20-12-27(13-20)7-10-29-11-8-27)23-5-6-24(26-19(14-28)15-31-34(23)26)36-25(17-35)22-4-2-3-9-30-22/h2-6,9,15-16,20,25,29,35H,7-8,10-13,17H2,1H3. The van der Waals surface area contributed by atoms with E-state index in [1.165, 1.54) is 25.7 Å². The molecule has 1 aliphatic heterocycles. The van der Waals surface area contributed by atoms with Crippen LogP contribution in [0.2, 0.25) is 0 Å². The molecule has 0 aromatic carbocycles. The van der Waals surface area contributed by atoms with Gasteiger partial charge in [-0.05, 0) is 75.4 Å². The van der Waals surface area contributed by atoms with E-state index in [1.54, 1.807) is 23.0 Å². The molecule has 0 radical (unpaired) electrons. The lowest BCUT2D eigenvalue weighted by Gasteiger charge is -2.50. The van der Waals surface area contributed by atoms with Crippen molar-refractivity contribution in [1.29, 1.82) is 5.26 Å². The summed E-state index contributed by atoms with van der Waals surface area (Å²) < 4.78 is 10.1. The monoisotopic (exact) mass is 483 g/mol. The van der Waals surface area contributed by atoms with E-state index in [0.29, 0.717) is 34.0 Å². The van der Waals surface area contributed by atoms with Gasteiger partial charge in [-0.15, -0.1) is 0 Å². The third-order valence-corrected chi connectivity index (χ3v) is 7.86. The van der Waals surface area contributed by atoms with Crippen LogP contribution in [0.1, 0.15) is 54.8 Å². The minimum atomic E-state index is -0.660. The number of aliphatic hydroxyl groups excluding tert-OH is 1. The zero-order valence-corrected chi connectivity index (χ0v) is 20.3. The van der Waals surface area contributed by atoms with Gasteiger partial charge in [0.2, 0.25) is 0 Å². The number of piperidine rings is 1. The Bertz CT molecular complexity index is 1420. The summed E-state index contributed by atoms with van der Waals surface area (Å²) in [6, 6.07) is 11.9. The maximum Gasteiger partial charge on any atom is 0.163 e. The highest BCUT2D eigenvalue weighted by atomic mass is 16.5. The molecule has 2 aliphatic rings. The Balaban J connectivity index is 1.33. The largest absolute Gasteiger partial charge is 0.479 e. The van der Waals surface area contributed by atoms with Crippen LogP contribution in [0, 0.1) is 23.7 Å². The normalized spacial score (nSPS) is 18.1. The van der Waals surface area contributed by atoms with Gasteiger partial charge in [0, 0.05) is 17.5 Å². The fourth-order valence-electron chi connectivity index (χ4n) is 5.89. The van der Waals surface area contributed by atoms with E-state index >= 15 is 0 Å². The average molecular weight is 484 g/mol. The number of fused-ring (bicyclic) bond motifs is 1. The molecule has 5 heterocycles. The Morgan fingerprint density at radius 3 is 2.75 bits per heavy atom. The van der Waals surface area contributed by atoms with Gasteiger partial charge in [0.15, 0.2) is 6.10 Å². The number of nitriles is 1. The molecule has 1 aliphatic carbocycles. The molecule has 1 unspecified atom stereocenters. The maximum absolute atomic E-state index is 9.97. The molecule has 4 aromatic heterocycles. The summed E-state index contributed by atoms with van der Waals surface area (Å²) in [6.45, 7) is 4.08. The molecule has 1 saturated heterocycles. The molecule has 9 nitrogen and oxygen atoms in total. The second-order valence-corrected chi connectivity index (χ2v) is 9.96. The molecule has 1 atom stereocenters. The lowest BCUT2D eigenvalue weighted by atomic mass is 9.60. The average Bonchev–Trinajstić information content (AvgIpc) is 3.50. The van der Waals surface area contributed by atoms with Crippen LogP contribution >= 0.6 is 0 Å². The van der Waals surface area contributed by atoms with Crippen LogP contribution in [-0.4, -0.2) is 49.2 Å². The van der Waals surface area contributed by atoms with E-state index in [1.807, 2.05) is 30.5 Å². The molecule has 6 rings (SSSR count). The van der Waals surface area contributed by atoms with Gasteiger partial charge in [-0.25, -0.2) is 4.52 Å². The van der Waals surface area contributed by atoms with Gasteiger partial charge in [-0.2, -0.15) is 15.5 Å². The highest BCUT2D eigenvalue weighted by Crippen LogP contribution is 2.54. The minimum absolute atomic E-state index is 0.244. The quantitative estimate of drug-likeness (QED) is 0.431. The van der Waals surface area contributed by atoms with Gasteiger partial charge < -0.3 is 15.2 Å². The summed E-state index contributed by atoms with van der Waals surface area (Å²) in [5, 5.41) is 32.5. The van der Waals surface area contributed by atoms with E-state index in [4.69, 9.17) is 9.84 Å². The van der Waals surface area contributed by atoms with E-state index in [9.17, 15) is 10.4 Å². The summed E-state index contributed by atoms with van der Waals surface area (Å²) in [7, 11) is 0. The van der Waals surface area contributed by atoms with Crippen molar-refractivity contribution in [1.82, 2.24) is 29.7 Å². The number of aliphatic hydroxyl groups is 1. The van der Waals surface area contributed by atoms with Crippen molar-refractivity contribution in [2.45, 2.75) is 44.8 Å². The zero-order chi connectivity index (χ0) is 24.7. The number of pyridine rings is 2. The topological polar surface area (TPSA) is 113 Å². The van der Waals surface area contributed by atoms with Gasteiger partial charge in [-0.3, -0.25) is 9.67 Å². The maximum atomic E-state index is 9.97. The molecule has 2 N–H and O–H groups in total. The smallest absolute Gasteiger partial charge is 0.163 e. The number of rotatable bonds is 6. The van der Waals surface area contributed by atoms with Gasteiger partial charge in [0.25, 0.3) is 0 Å². The molecule has 36 heavy (non-hydrogen) atoms. The van der Waals surface area contributed by atoms with Crippen molar-refractivity contribution < 1.29 is 9.84 Å². The van der Waals surface area contributed by atoms with Crippen molar-refractivity contribution in [2.24, 2.45) is 5.41 Å². The van der Waals surface area contributed by atoms with E-state index in [0.717, 1.165) is 30.0 Å². The lowest BCUT2D eigenvalue weighted by Crippen LogP contribution is -2.46. The van der Waals surface area contributed by atoms with Crippen LogP contribution in [0.3, 0.4) is 0 Å². The van der Waals surface area contributed by atoms with Crippen molar-refractivity contribution in [3.8, 4) is 23.1 Å². The number of nitrogens with zero attached hydrogens (tertiary/aromatic N) is 6. The van der Waals surface area contributed by atoms with Crippen LogP contribution in [0.5, 0.6) is 5.75 Å². The minimum Gasteiger partial charge on any atom is -0.479 e. The van der Waals surface area contributed by atoms with Crippen molar-refractivity contribution in [2.75, 3.05) is 19.7 Å². The van der Waals surface area contributed by atoms with Gasteiger partial charge in [0.05, 0.1) is 36.4 Å². The predicted molar refractivity (Wildman–Crippen MR) is 133 cm³/mol. The molecule has 2 fully saturated rings. The summed E-state index contributed by atoms with van der Waals surface area (Å²) >= 11 is 0. The van der Waals surface area contributed by atoms with Crippen LogP contribution in [0.4, 0.5) is 0 Å². The number of aromatic nitrogens is 5. The first-order chi connectivity index (χ1) is 17.6. The van der Waals surface area contributed by atoms with Crippen molar-refractivity contribution >= 4 is 5.52 Å². The SMILES string of the molecule is Cc1c(-c2ccc(OC(CO)c3ccccn3)c3c(C#N)cnn23)cnn1C1CC2(CCNCC2)C1. The first kappa shape index (κ1) is 22.7. The van der Waals surface area contributed by atoms with E-state index < -0.39 is 6.10 Å². The molecule has 4 aromatic rings. The molecule has 184 valence electrons. The third kappa shape index (κ3) is 3.74. The Labute approximate surface area is 209 Å². The molecule has 0 amide bonds. The molecular weight excluding hydrogens is 454 g/mol. The van der Waals surface area contributed by atoms with Crippen LogP contribution < -0.4 is 10.1 Å². The van der Waals surface area contributed by atoms with Crippen molar-refractivity contribution in [3.63, 3.8) is 0 Å². The number of nitrogens with one attached hydrogen (secondary N) is 1. The lowest BCUT2D eigenvalue weighted by molar-refractivity contribution is 0.0221. The molecule has 1 spiro atoms. The number of hydrogen-bond donors (Lipinski definition) is 2. The summed E-state index contributed by atoms with van der Waals surface area (Å²) in [5.74, 6) is 0.467. The third-order valence-electron chi connectivity index (χ3n) is 7.86. The second kappa shape index (κ2) is 9.04. The number of hydrogen-bond acceptors (Lipinski definition) is 7. The first-order valence-electron chi connectivity index (χ1n) is 12.5. The Morgan fingerprint density at radius 1 is 1.19 bits per heavy atom. The Kier molecular flexibility index (Phi) is 5.70. The number of ether oxygens (including phenoxy) is 1. The zero-order valence-electron chi connectivity index (χ0n) is 20.3. The summed E-state index contributed by atoms with van der Waals surface area (Å²) in [4.78, 5) is 4.31. The Morgan fingerprint density at radius 2 is 2.03 bits per heavy atom. The Hall–Kier alpha value is -3.74. The second-order valence-electron chi connectivity index (χ2n) is 9.96. The van der Waals surface area contributed by atoms with Crippen molar-refractivity contribution in [3.05, 3.63) is 65.9 Å². The van der Waals surface area contributed by atoms with Crippen LogP contribution in [0.25, 0.3) is 16.8 Å². The molecular formula is C27H29N7O2. The first-order valence-corrected chi connectivity index (χ1v) is 12.5. The van der Waals surface area contributed by atoms with E-state index in [-0.39, 0.29) is 6.61 Å². The van der Waals surface area contributed by atoms with Gasteiger partial charge >= 0.3 is 0 Å². The molecule has 0 bridgehead atoms. The van der Waals surface area contributed by atoms with Gasteiger partial charge in [0.1, 0.15) is 22.9 Å². The molecule has 1 saturated carbocycles. The summed E-state index contributed by atoms with van der Waals surface area (Å²) in [5.41, 5.74) is 4.97. The fraction of sp³-hybridized carbons (Fsp3) is 0.407. The highest BCUT2D eigenvalue weighted by molar-refractivity contribution is 5.75. The van der Waals surface area contributed by atoms with Gasteiger partial charge in [-0.1, -0.05) is 6.07 Å².